The number of rotatable bonds is 8. The van der Waals surface area contributed by atoms with E-state index in [2.05, 4.69) is 19.7 Å². The number of carbonyl (C=O) groups is 1. The van der Waals surface area contributed by atoms with Gasteiger partial charge in [-0.15, -0.1) is 0 Å². The Kier molecular flexibility index (Phi) is 6.49. The molecule has 2 aromatic carbocycles. The van der Waals surface area contributed by atoms with E-state index in [0.29, 0.717) is 41.0 Å². The summed E-state index contributed by atoms with van der Waals surface area (Å²) in [5.41, 5.74) is 2.34. The summed E-state index contributed by atoms with van der Waals surface area (Å²) in [6.07, 6.45) is 2.31. The Balaban J connectivity index is 1.46. The lowest BCUT2D eigenvalue weighted by Crippen LogP contribution is -2.23. The minimum Gasteiger partial charge on any atom is -0.493 e. The van der Waals surface area contributed by atoms with E-state index in [0.717, 1.165) is 22.8 Å². The fourth-order valence-corrected chi connectivity index (χ4v) is 3.46. The molecule has 0 radical (unpaired) electrons. The van der Waals surface area contributed by atoms with Crippen LogP contribution in [0.5, 0.6) is 16.7 Å². The molecular weight excluding hydrogens is 412 g/mol. The Hall–Kier alpha value is -3.78. The molecule has 4 aromatic rings. The number of amides is 1. The standard InChI is InChI=1S/C23H20N4O3S/c1-29-19-11-10-17(22(28)25-15-18-9-5-6-12-24-18)14-20(19)30-23-26-21(27-31-23)13-16-7-3-2-4-8-16/h2-12,14H,13,15H2,1H3,(H,25,28). The van der Waals surface area contributed by atoms with Gasteiger partial charge in [0.05, 0.1) is 19.3 Å². The van der Waals surface area contributed by atoms with Gasteiger partial charge < -0.3 is 14.8 Å². The summed E-state index contributed by atoms with van der Waals surface area (Å²) in [6.45, 7) is 0.334. The van der Waals surface area contributed by atoms with Crippen LogP contribution >= 0.6 is 11.5 Å². The van der Waals surface area contributed by atoms with Crippen LogP contribution in [0.3, 0.4) is 0 Å². The number of aromatic nitrogens is 3. The first-order valence-electron chi connectivity index (χ1n) is 9.62. The highest BCUT2D eigenvalue weighted by Gasteiger charge is 2.14. The van der Waals surface area contributed by atoms with Gasteiger partial charge in [-0.1, -0.05) is 36.4 Å². The summed E-state index contributed by atoms with van der Waals surface area (Å²) in [6, 6.07) is 20.5. The molecule has 4 rings (SSSR count). The van der Waals surface area contributed by atoms with Gasteiger partial charge in [0.2, 0.25) is 0 Å². The van der Waals surface area contributed by atoms with Crippen molar-refractivity contribution < 1.29 is 14.3 Å². The predicted octanol–water partition coefficient (Wildman–Crippen LogP) is 4.25. The number of ether oxygens (including phenoxy) is 2. The molecule has 1 amide bonds. The molecule has 0 aliphatic heterocycles. The zero-order valence-electron chi connectivity index (χ0n) is 16.8. The number of benzene rings is 2. The van der Waals surface area contributed by atoms with Crippen molar-refractivity contribution in [2.24, 2.45) is 0 Å². The van der Waals surface area contributed by atoms with Gasteiger partial charge in [0.25, 0.3) is 11.1 Å². The van der Waals surface area contributed by atoms with Crippen molar-refractivity contribution in [3.05, 3.63) is 95.6 Å². The van der Waals surface area contributed by atoms with Gasteiger partial charge in [-0.2, -0.15) is 9.36 Å². The van der Waals surface area contributed by atoms with Crippen molar-refractivity contribution in [2.75, 3.05) is 7.11 Å². The number of hydrogen-bond acceptors (Lipinski definition) is 7. The lowest BCUT2D eigenvalue weighted by Gasteiger charge is -2.10. The molecule has 7 nitrogen and oxygen atoms in total. The summed E-state index contributed by atoms with van der Waals surface area (Å²) in [7, 11) is 1.55. The third-order valence-electron chi connectivity index (χ3n) is 4.43. The Labute approximate surface area is 183 Å². The van der Waals surface area contributed by atoms with Gasteiger partial charge in [-0.05, 0) is 35.9 Å². The van der Waals surface area contributed by atoms with Crippen LogP contribution in [0.4, 0.5) is 0 Å². The molecule has 0 aliphatic rings. The molecule has 0 saturated carbocycles. The number of methoxy groups -OCH3 is 1. The molecule has 31 heavy (non-hydrogen) atoms. The fraction of sp³-hybridized carbons (Fsp3) is 0.130. The van der Waals surface area contributed by atoms with Crippen LogP contribution in [-0.4, -0.2) is 27.4 Å². The Morgan fingerprint density at radius 3 is 2.65 bits per heavy atom. The molecule has 0 atom stereocenters. The summed E-state index contributed by atoms with van der Waals surface area (Å²) >= 11 is 1.16. The zero-order valence-corrected chi connectivity index (χ0v) is 17.6. The average molecular weight is 433 g/mol. The molecule has 2 heterocycles. The Bertz CT molecular complexity index is 1150. The number of pyridine rings is 1. The molecule has 1 N–H and O–H groups in total. The van der Waals surface area contributed by atoms with E-state index in [1.807, 2.05) is 48.5 Å². The molecular formula is C23H20N4O3S. The van der Waals surface area contributed by atoms with E-state index in [-0.39, 0.29) is 5.91 Å². The van der Waals surface area contributed by atoms with Crippen molar-refractivity contribution in [1.29, 1.82) is 0 Å². The predicted molar refractivity (Wildman–Crippen MR) is 118 cm³/mol. The van der Waals surface area contributed by atoms with Crippen LogP contribution in [0.25, 0.3) is 0 Å². The van der Waals surface area contributed by atoms with E-state index in [9.17, 15) is 4.79 Å². The lowest BCUT2D eigenvalue weighted by atomic mass is 10.1. The number of hydrogen-bond donors (Lipinski definition) is 1. The van der Waals surface area contributed by atoms with Crippen molar-refractivity contribution in [1.82, 2.24) is 19.7 Å². The topological polar surface area (TPSA) is 86.2 Å². The smallest absolute Gasteiger partial charge is 0.298 e. The second kappa shape index (κ2) is 9.82. The zero-order chi connectivity index (χ0) is 21.5. The third-order valence-corrected chi connectivity index (χ3v) is 5.07. The second-order valence-electron chi connectivity index (χ2n) is 6.61. The van der Waals surface area contributed by atoms with Gasteiger partial charge in [-0.3, -0.25) is 9.78 Å². The van der Waals surface area contributed by atoms with Crippen LogP contribution in [0.1, 0.15) is 27.4 Å². The molecule has 0 aliphatic carbocycles. The maximum absolute atomic E-state index is 12.6. The van der Waals surface area contributed by atoms with Crippen molar-refractivity contribution in [2.45, 2.75) is 13.0 Å². The highest BCUT2D eigenvalue weighted by Crippen LogP contribution is 2.33. The summed E-state index contributed by atoms with van der Waals surface area (Å²) in [5, 5.41) is 3.24. The lowest BCUT2D eigenvalue weighted by molar-refractivity contribution is 0.0950. The van der Waals surface area contributed by atoms with Gasteiger partial charge in [0.1, 0.15) is 0 Å². The first-order chi connectivity index (χ1) is 15.2. The Morgan fingerprint density at radius 1 is 1.03 bits per heavy atom. The highest BCUT2D eigenvalue weighted by atomic mass is 32.1. The third kappa shape index (κ3) is 5.43. The van der Waals surface area contributed by atoms with Crippen LogP contribution in [-0.2, 0) is 13.0 Å². The van der Waals surface area contributed by atoms with Crippen LogP contribution in [0.2, 0.25) is 0 Å². The van der Waals surface area contributed by atoms with E-state index >= 15 is 0 Å². The largest absolute Gasteiger partial charge is 0.493 e. The van der Waals surface area contributed by atoms with Gasteiger partial charge in [0, 0.05) is 29.7 Å². The SMILES string of the molecule is COc1ccc(C(=O)NCc2ccccn2)cc1Oc1nc(Cc2ccccc2)ns1. The van der Waals surface area contributed by atoms with Gasteiger partial charge >= 0.3 is 0 Å². The molecule has 156 valence electrons. The maximum Gasteiger partial charge on any atom is 0.298 e. The minimum atomic E-state index is -0.236. The molecule has 0 bridgehead atoms. The molecule has 2 aromatic heterocycles. The normalized spacial score (nSPS) is 10.5. The molecule has 0 unspecified atom stereocenters. The second-order valence-corrected chi connectivity index (χ2v) is 7.32. The number of carbonyl (C=O) groups excluding carboxylic acids is 1. The minimum absolute atomic E-state index is 0.236. The number of nitrogens with one attached hydrogen (secondary N) is 1. The van der Waals surface area contributed by atoms with E-state index in [4.69, 9.17) is 9.47 Å². The monoisotopic (exact) mass is 432 g/mol. The maximum atomic E-state index is 12.6. The fourth-order valence-electron chi connectivity index (χ4n) is 2.90. The van der Waals surface area contributed by atoms with E-state index < -0.39 is 0 Å². The first kappa shape index (κ1) is 20.5. The molecule has 0 saturated heterocycles. The van der Waals surface area contributed by atoms with Crippen LogP contribution in [0.15, 0.2) is 72.9 Å². The van der Waals surface area contributed by atoms with Gasteiger partial charge in [-0.25, -0.2) is 0 Å². The van der Waals surface area contributed by atoms with Crippen molar-refractivity contribution in [3.63, 3.8) is 0 Å². The van der Waals surface area contributed by atoms with Crippen LogP contribution in [0, 0.1) is 0 Å². The van der Waals surface area contributed by atoms with Crippen molar-refractivity contribution >= 4 is 17.4 Å². The average Bonchev–Trinajstić information content (AvgIpc) is 3.25. The molecule has 8 heteroatoms. The van der Waals surface area contributed by atoms with Gasteiger partial charge in [0.15, 0.2) is 17.3 Å². The van der Waals surface area contributed by atoms with E-state index in [1.165, 1.54) is 0 Å². The van der Waals surface area contributed by atoms with E-state index in [1.54, 1.807) is 31.5 Å². The highest BCUT2D eigenvalue weighted by molar-refractivity contribution is 7.07. The van der Waals surface area contributed by atoms with Crippen LogP contribution < -0.4 is 14.8 Å². The molecule has 0 spiro atoms. The van der Waals surface area contributed by atoms with Crippen molar-refractivity contribution in [3.8, 4) is 16.7 Å². The number of nitrogens with zero attached hydrogens (tertiary/aromatic N) is 3. The first-order valence-corrected chi connectivity index (χ1v) is 10.4. The Morgan fingerprint density at radius 2 is 1.87 bits per heavy atom. The summed E-state index contributed by atoms with van der Waals surface area (Å²) in [5.74, 6) is 1.34. The summed E-state index contributed by atoms with van der Waals surface area (Å²) in [4.78, 5) is 21.2. The molecule has 0 fully saturated rings. The quantitative estimate of drug-likeness (QED) is 0.448. The summed E-state index contributed by atoms with van der Waals surface area (Å²) < 4.78 is 15.6.